The lowest BCUT2D eigenvalue weighted by Crippen LogP contribution is -1.93. The second-order valence-electron chi connectivity index (χ2n) is 2.98. The number of rotatable bonds is 1. The maximum Gasteiger partial charge on any atom is 0.0483 e. The van der Waals surface area contributed by atoms with Crippen molar-refractivity contribution in [2.45, 2.75) is 53.2 Å². The van der Waals surface area contributed by atoms with Gasteiger partial charge in [0.15, 0.2) is 0 Å². The zero-order chi connectivity index (χ0) is 10.6. The topological polar surface area (TPSA) is 66.5 Å². The third-order valence-electron chi connectivity index (χ3n) is 0.289. The first kappa shape index (κ1) is 23.2. The van der Waals surface area contributed by atoms with Crippen LogP contribution in [-0.2, 0) is 0 Å². The van der Waals surface area contributed by atoms with Gasteiger partial charge in [-0.15, -0.1) is 0 Å². The van der Waals surface area contributed by atoms with Gasteiger partial charge in [-0.3, -0.25) is 0 Å². The largest absolute Gasteiger partial charge is 0.394 e. The Hall–Kier alpha value is 0.230. The van der Waals surface area contributed by atoms with Crippen molar-refractivity contribution in [2.75, 3.05) is 6.54 Å². The number of aliphatic hydroxyl groups is 2. The van der Waals surface area contributed by atoms with E-state index in [0.717, 1.165) is 13.0 Å². The molecule has 13 heavy (non-hydrogen) atoms. The molecule has 0 atom stereocenters. The average molecular weight is 213 g/mol. The molecule has 0 heterocycles. The number of hydrogen-bond acceptors (Lipinski definition) is 3. The van der Waals surface area contributed by atoms with E-state index < -0.39 is 0 Å². The van der Waals surface area contributed by atoms with Crippen LogP contribution in [0.1, 0.15) is 41.0 Å². The average Bonchev–Trinajstić information content (AvgIpc) is 1.85. The minimum absolute atomic E-state index is 0. The van der Waals surface area contributed by atoms with Crippen LogP contribution < -0.4 is 5.73 Å². The number of nitrogens with two attached hydrogens (primary N) is 1. The molecular weight excluding hydrogens is 186 g/mol. The lowest BCUT2D eigenvalue weighted by Gasteiger charge is -1.80. The third kappa shape index (κ3) is 846. The summed E-state index contributed by atoms with van der Waals surface area (Å²) in [6.07, 6.45) is 0.764. The Morgan fingerprint density at radius 2 is 1.08 bits per heavy atom. The first-order chi connectivity index (χ1) is 5.38. The fourth-order valence-corrected chi connectivity index (χ4v) is 0. The Morgan fingerprint density at radius 3 is 1.08 bits per heavy atom. The van der Waals surface area contributed by atoms with Crippen LogP contribution in [0.4, 0.5) is 0 Å². The van der Waals surface area contributed by atoms with Crippen LogP contribution in [-0.4, -0.2) is 29.0 Å². The third-order valence-corrected chi connectivity index (χ3v) is 0.289. The standard InChI is InChI=1S/C3H9N.2C3H8O.H2S/c1-2-3-4;2*1-3(2)4;/h2-4H2,1H3;2*3-4H,1-2H3;1H2. The van der Waals surface area contributed by atoms with Crippen LogP contribution in [0.5, 0.6) is 0 Å². The summed E-state index contributed by atoms with van der Waals surface area (Å²) in [5.74, 6) is 0. The van der Waals surface area contributed by atoms with Gasteiger partial charge in [-0.1, -0.05) is 6.92 Å². The summed E-state index contributed by atoms with van der Waals surface area (Å²) in [4.78, 5) is 0. The second kappa shape index (κ2) is 22.8. The fraction of sp³-hybridized carbons (Fsp3) is 1.00. The van der Waals surface area contributed by atoms with Gasteiger partial charge in [0.05, 0.1) is 0 Å². The van der Waals surface area contributed by atoms with Gasteiger partial charge >= 0.3 is 0 Å². The zero-order valence-corrected chi connectivity index (χ0v) is 10.5. The van der Waals surface area contributed by atoms with E-state index in [1.54, 1.807) is 27.7 Å². The van der Waals surface area contributed by atoms with Gasteiger partial charge in [0, 0.05) is 12.2 Å². The van der Waals surface area contributed by atoms with Crippen molar-refractivity contribution < 1.29 is 10.2 Å². The van der Waals surface area contributed by atoms with E-state index >= 15 is 0 Å². The summed E-state index contributed by atoms with van der Waals surface area (Å²) in [5, 5.41) is 16.1. The highest BCUT2D eigenvalue weighted by Gasteiger charge is 1.69. The minimum atomic E-state index is -0.167. The molecule has 4 heteroatoms. The zero-order valence-electron chi connectivity index (χ0n) is 9.54. The van der Waals surface area contributed by atoms with Crippen molar-refractivity contribution in [2.24, 2.45) is 5.73 Å². The van der Waals surface area contributed by atoms with Crippen LogP contribution in [0.2, 0.25) is 0 Å². The van der Waals surface area contributed by atoms with Gasteiger partial charge in [0.1, 0.15) is 0 Å². The molecule has 0 rings (SSSR count). The van der Waals surface area contributed by atoms with Crippen molar-refractivity contribution >= 4 is 13.5 Å². The molecule has 0 aliphatic rings. The minimum Gasteiger partial charge on any atom is -0.394 e. The Bertz CT molecular complexity index is 48.1. The molecule has 0 aromatic carbocycles. The van der Waals surface area contributed by atoms with E-state index in [9.17, 15) is 0 Å². The molecule has 0 amide bonds. The molecular formula is C9H27NO2S. The molecule has 3 nitrogen and oxygen atoms in total. The fourth-order valence-electron chi connectivity index (χ4n) is 0. The Morgan fingerprint density at radius 1 is 1.00 bits per heavy atom. The maximum atomic E-state index is 8.06. The molecule has 0 aromatic rings. The van der Waals surface area contributed by atoms with Crippen molar-refractivity contribution in [1.82, 2.24) is 0 Å². The lowest BCUT2D eigenvalue weighted by molar-refractivity contribution is 0.215. The first-order valence-electron chi connectivity index (χ1n) is 4.44. The van der Waals surface area contributed by atoms with E-state index in [-0.39, 0.29) is 25.7 Å². The predicted molar refractivity (Wildman–Crippen MR) is 64.4 cm³/mol. The first-order valence-corrected chi connectivity index (χ1v) is 4.44. The highest BCUT2D eigenvalue weighted by Crippen LogP contribution is 1.65. The molecule has 0 spiro atoms. The molecule has 0 saturated carbocycles. The van der Waals surface area contributed by atoms with E-state index in [2.05, 4.69) is 6.92 Å². The van der Waals surface area contributed by atoms with Gasteiger partial charge in [-0.2, -0.15) is 13.5 Å². The van der Waals surface area contributed by atoms with Crippen molar-refractivity contribution in [3.63, 3.8) is 0 Å². The Kier molecular flexibility index (Phi) is 40.7. The molecule has 4 N–H and O–H groups in total. The summed E-state index contributed by atoms with van der Waals surface area (Å²) in [6.45, 7) is 9.76. The SMILES string of the molecule is CC(C)O.CC(C)O.CCCN.S. The quantitative estimate of drug-likeness (QED) is 0.614. The van der Waals surface area contributed by atoms with Crippen LogP contribution in [0.3, 0.4) is 0 Å². The summed E-state index contributed by atoms with van der Waals surface area (Å²) < 4.78 is 0. The lowest BCUT2D eigenvalue weighted by atomic mass is 10.5. The van der Waals surface area contributed by atoms with Crippen LogP contribution >= 0.6 is 13.5 Å². The normalized spacial score (nSPS) is 7.85. The molecule has 0 aromatic heterocycles. The Labute approximate surface area is 89.8 Å². The molecule has 0 aliphatic carbocycles. The molecule has 0 radical (unpaired) electrons. The van der Waals surface area contributed by atoms with Crippen LogP contribution in [0, 0.1) is 0 Å². The van der Waals surface area contributed by atoms with Gasteiger partial charge in [-0.05, 0) is 40.7 Å². The predicted octanol–water partition coefficient (Wildman–Crippen LogP) is 1.24. The summed E-state index contributed by atoms with van der Waals surface area (Å²) in [6, 6.07) is 0. The highest BCUT2D eigenvalue weighted by atomic mass is 32.1. The summed E-state index contributed by atoms with van der Waals surface area (Å²) in [7, 11) is 0. The maximum absolute atomic E-state index is 8.06. The molecule has 0 saturated heterocycles. The summed E-state index contributed by atoms with van der Waals surface area (Å²) >= 11 is 0. The van der Waals surface area contributed by atoms with Crippen LogP contribution in [0.15, 0.2) is 0 Å². The van der Waals surface area contributed by atoms with Gasteiger partial charge in [-0.25, -0.2) is 0 Å². The molecule has 86 valence electrons. The molecule has 0 bridgehead atoms. The number of aliphatic hydroxyl groups excluding tert-OH is 2. The van der Waals surface area contributed by atoms with E-state index in [0.29, 0.717) is 0 Å². The van der Waals surface area contributed by atoms with E-state index in [1.807, 2.05) is 0 Å². The van der Waals surface area contributed by atoms with E-state index in [4.69, 9.17) is 15.9 Å². The molecule has 0 aliphatic heterocycles. The van der Waals surface area contributed by atoms with Crippen molar-refractivity contribution in [3.05, 3.63) is 0 Å². The van der Waals surface area contributed by atoms with Gasteiger partial charge < -0.3 is 15.9 Å². The summed E-state index contributed by atoms with van der Waals surface area (Å²) in [5.41, 5.74) is 5.03. The van der Waals surface area contributed by atoms with Gasteiger partial charge in [0.25, 0.3) is 0 Å². The van der Waals surface area contributed by atoms with Crippen molar-refractivity contribution in [3.8, 4) is 0 Å². The van der Waals surface area contributed by atoms with E-state index in [1.165, 1.54) is 0 Å². The van der Waals surface area contributed by atoms with Gasteiger partial charge in [0.2, 0.25) is 0 Å². The molecule has 0 fully saturated rings. The molecule has 0 unspecified atom stereocenters. The second-order valence-corrected chi connectivity index (χ2v) is 2.98. The number of hydrogen-bond donors (Lipinski definition) is 3. The monoisotopic (exact) mass is 213 g/mol. The van der Waals surface area contributed by atoms with Crippen molar-refractivity contribution in [1.29, 1.82) is 0 Å². The Balaban J connectivity index is -0.0000000450. The highest BCUT2D eigenvalue weighted by molar-refractivity contribution is 7.59. The van der Waals surface area contributed by atoms with Crippen LogP contribution in [0.25, 0.3) is 0 Å². The smallest absolute Gasteiger partial charge is 0.0483 e.